The molecule has 0 aromatic heterocycles. The average Bonchev–Trinajstić information content (AvgIpc) is 2.63. The SMILES string of the molecule is COc1cc(/C=N\NC(=S)Nc2ccc(Cl)c(Cl)c2)ccc1OCC#N. The highest BCUT2D eigenvalue weighted by Crippen LogP contribution is 2.27. The molecule has 0 radical (unpaired) electrons. The van der Waals surface area contributed by atoms with Gasteiger partial charge in [0.1, 0.15) is 6.07 Å². The van der Waals surface area contributed by atoms with Crippen molar-refractivity contribution in [2.45, 2.75) is 0 Å². The fourth-order valence-electron chi connectivity index (χ4n) is 1.89. The van der Waals surface area contributed by atoms with Crippen LogP contribution in [-0.4, -0.2) is 25.0 Å². The first-order chi connectivity index (χ1) is 12.5. The van der Waals surface area contributed by atoms with E-state index in [-0.39, 0.29) is 6.61 Å². The summed E-state index contributed by atoms with van der Waals surface area (Å²) in [5, 5.41) is 16.7. The molecule has 0 amide bonds. The van der Waals surface area contributed by atoms with Gasteiger partial charge in [-0.25, -0.2) is 0 Å². The molecular formula is C17H14Cl2N4O2S. The Morgan fingerprint density at radius 3 is 2.73 bits per heavy atom. The van der Waals surface area contributed by atoms with Crippen LogP contribution in [0, 0.1) is 11.3 Å². The first-order valence-electron chi connectivity index (χ1n) is 7.26. The van der Waals surface area contributed by atoms with Gasteiger partial charge in [0.2, 0.25) is 0 Å². The second kappa shape index (κ2) is 9.82. The lowest BCUT2D eigenvalue weighted by Gasteiger charge is -2.09. The third-order valence-corrected chi connectivity index (χ3v) is 3.97. The summed E-state index contributed by atoms with van der Waals surface area (Å²) in [5.41, 5.74) is 4.15. The van der Waals surface area contributed by atoms with Gasteiger partial charge in [-0.2, -0.15) is 10.4 Å². The van der Waals surface area contributed by atoms with Crippen molar-refractivity contribution in [2.75, 3.05) is 19.0 Å². The minimum atomic E-state index is -0.0555. The van der Waals surface area contributed by atoms with Crippen molar-refractivity contribution in [3.63, 3.8) is 0 Å². The van der Waals surface area contributed by atoms with Gasteiger partial charge in [0.15, 0.2) is 23.2 Å². The lowest BCUT2D eigenvalue weighted by Crippen LogP contribution is -2.23. The van der Waals surface area contributed by atoms with E-state index in [1.165, 1.54) is 7.11 Å². The third-order valence-electron chi connectivity index (χ3n) is 3.04. The summed E-state index contributed by atoms with van der Waals surface area (Å²) in [7, 11) is 1.52. The Labute approximate surface area is 166 Å². The minimum Gasteiger partial charge on any atom is -0.493 e. The molecule has 6 nitrogen and oxygen atoms in total. The summed E-state index contributed by atoms with van der Waals surface area (Å²) in [4.78, 5) is 0. The van der Waals surface area contributed by atoms with E-state index >= 15 is 0 Å². The maximum atomic E-state index is 8.57. The summed E-state index contributed by atoms with van der Waals surface area (Å²) >= 11 is 17.0. The van der Waals surface area contributed by atoms with E-state index in [2.05, 4.69) is 15.8 Å². The molecule has 2 N–H and O–H groups in total. The number of methoxy groups -OCH3 is 1. The molecule has 9 heteroatoms. The third kappa shape index (κ3) is 5.77. The Morgan fingerprint density at radius 2 is 2.04 bits per heavy atom. The zero-order valence-corrected chi connectivity index (χ0v) is 16.0. The molecule has 0 atom stereocenters. The van der Waals surface area contributed by atoms with Gasteiger partial charge in [-0.05, 0) is 54.2 Å². The van der Waals surface area contributed by atoms with Gasteiger partial charge in [0.05, 0.1) is 23.4 Å². The van der Waals surface area contributed by atoms with Gasteiger partial charge in [-0.1, -0.05) is 23.2 Å². The first kappa shape index (κ1) is 19.8. The second-order valence-corrected chi connectivity index (χ2v) is 6.03. The van der Waals surface area contributed by atoms with E-state index in [1.807, 2.05) is 6.07 Å². The second-order valence-electron chi connectivity index (χ2n) is 4.81. The Hall–Kier alpha value is -2.53. The molecule has 0 aliphatic carbocycles. The molecule has 0 unspecified atom stereocenters. The van der Waals surface area contributed by atoms with Crippen molar-refractivity contribution < 1.29 is 9.47 Å². The number of anilines is 1. The van der Waals surface area contributed by atoms with Crippen LogP contribution in [0.4, 0.5) is 5.69 Å². The van der Waals surface area contributed by atoms with Gasteiger partial charge in [0.25, 0.3) is 0 Å². The van der Waals surface area contributed by atoms with Crippen LogP contribution in [-0.2, 0) is 0 Å². The van der Waals surface area contributed by atoms with E-state index in [9.17, 15) is 0 Å². The Balaban J connectivity index is 1.95. The first-order valence-corrected chi connectivity index (χ1v) is 8.43. The topological polar surface area (TPSA) is 78.7 Å². The molecule has 26 heavy (non-hydrogen) atoms. The number of benzene rings is 2. The maximum absolute atomic E-state index is 8.57. The van der Waals surface area contributed by atoms with E-state index in [0.29, 0.717) is 32.3 Å². The molecule has 0 fully saturated rings. The Kier molecular flexibility index (Phi) is 7.48. The molecule has 0 spiro atoms. The molecule has 0 aliphatic heterocycles. The summed E-state index contributed by atoms with van der Waals surface area (Å²) < 4.78 is 10.5. The lowest BCUT2D eigenvalue weighted by molar-refractivity contribution is 0.329. The highest BCUT2D eigenvalue weighted by atomic mass is 35.5. The van der Waals surface area contributed by atoms with Crippen LogP contribution in [0.15, 0.2) is 41.5 Å². The van der Waals surface area contributed by atoms with E-state index < -0.39 is 0 Å². The molecule has 2 aromatic carbocycles. The number of thiocarbonyl (C=S) groups is 1. The zero-order chi connectivity index (χ0) is 18.9. The van der Waals surface area contributed by atoms with Gasteiger partial charge in [-0.3, -0.25) is 5.43 Å². The average molecular weight is 409 g/mol. The van der Waals surface area contributed by atoms with Crippen molar-refractivity contribution in [3.8, 4) is 17.6 Å². The molecule has 0 bridgehead atoms. The van der Waals surface area contributed by atoms with Gasteiger partial charge < -0.3 is 14.8 Å². The number of rotatable bonds is 6. The molecule has 0 aliphatic rings. The fraction of sp³-hybridized carbons (Fsp3) is 0.118. The van der Waals surface area contributed by atoms with Crippen molar-refractivity contribution in [3.05, 3.63) is 52.0 Å². The number of hydrazone groups is 1. The Bertz CT molecular complexity index is 868. The monoisotopic (exact) mass is 408 g/mol. The summed E-state index contributed by atoms with van der Waals surface area (Å²) in [6.45, 7) is -0.0555. The highest BCUT2D eigenvalue weighted by Gasteiger charge is 2.05. The molecular weight excluding hydrogens is 395 g/mol. The van der Waals surface area contributed by atoms with Crippen LogP contribution in [0.1, 0.15) is 5.56 Å². The summed E-state index contributed by atoms with van der Waals surface area (Å²) in [6, 6.07) is 12.2. The fourth-order valence-corrected chi connectivity index (χ4v) is 2.36. The standard InChI is InChI=1S/C17H14Cl2N4O2S/c1-24-16-8-11(2-5-15(16)25-7-6-20)10-21-23-17(26)22-12-3-4-13(18)14(19)9-12/h2-5,8-10H,7H2,1H3,(H2,22,23,26)/b21-10-. The van der Waals surface area contributed by atoms with Crippen molar-refractivity contribution in [1.82, 2.24) is 5.43 Å². The predicted octanol–water partition coefficient (Wildman–Crippen LogP) is 4.22. The minimum absolute atomic E-state index is 0.0555. The maximum Gasteiger partial charge on any atom is 0.191 e. The molecule has 2 aromatic rings. The molecule has 0 heterocycles. The number of ether oxygens (including phenoxy) is 2. The van der Waals surface area contributed by atoms with Crippen molar-refractivity contribution >= 4 is 52.4 Å². The number of nitrogens with zero attached hydrogens (tertiary/aromatic N) is 2. The van der Waals surface area contributed by atoms with Gasteiger partial charge >= 0.3 is 0 Å². The van der Waals surface area contributed by atoms with Crippen LogP contribution in [0.2, 0.25) is 10.0 Å². The van der Waals surface area contributed by atoms with Crippen molar-refractivity contribution in [1.29, 1.82) is 5.26 Å². The number of halogens is 2. The lowest BCUT2D eigenvalue weighted by atomic mass is 10.2. The normalized spacial score (nSPS) is 10.2. The molecule has 134 valence electrons. The van der Waals surface area contributed by atoms with Crippen molar-refractivity contribution in [2.24, 2.45) is 5.10 Å². The van der Waals surface area contributed by atoms with E-state index in [4.69, 9.17) is 50.2 Å². The van der Waals surface area contributed by atoms with Crippen LogP contribution < -0.4 is 20.2 Å². The predicted molar refractivity (Wildman–Crippen MR) is 108 cm³/mol. The number of hydrogen-bond acceptors (Lipinski definition) is 5. The quantitative estimate of drug-likeness (QED) is 0.423. The largest absolute Gasteiger partial charge is 0.493 e. The van der Waals surface area contributed by atoms with Crippen LogP contribution in [0.5, 0.6) is 11.5 Å². The van der Waals surface area contributed by atoms with E-state index in [1.54, 1.807) is 42.6 Å². The molecule has 0 saturated carbocycles. The summed E-state index contributed by atoms with van der Waals surface area (Å²) in [5.74, 6) is 0.983. The van der Waals surface area contributed by atoms with Gasteiger partial charge in [0, 0.05) is 5.69 Å². The molecule has 0 saturated heterocycles. The smallest absolute Gasteiger partial charge is 0.191 e. The van der Waals surface area contributed by atoms with Crippen LogP contribution in [0.25, 0.3) is 0 Å². The Morgan fingerprint density at radius 1 is 1.23 bits per heavy atom. The van der Waals surface area contributed by atoms with Crippen LogP contribution in [0.3, 0.4) is 0 Å². The van der Waals surface area contributed by atoms with Crippen LogP contribution >= 0.6 is 35.4 Å². The number of nitrogens with one attached hydrogen (secondary N) is 2. The van der Waals surface area contributed by atoms with E-state index in [0.717, 1.165) is 5.56 Å². The zero-order valence-electron chi connectivity index (χ0n) is 13.6. The van der Waals surface area contributed by atoms with Gasteiger partial charge in [-0.15, -0.1) is 0 Å². The number of hydrogen-bond donors (Lipinski definition) is 2. The highest BCUT2D eigenvalue weighted by molar-refractivity contribution is 7.80. The summed E-state index contributed by atoms with van der Waals surface area (Å²) in [6.07, 6.45) is 1.57. The molecule has 2 rings (SSSR count). The number of nitriles is 1.